The van der Waals surface area contributed by atoms with Crippen LogP contribution in [0.2, 0.25) is 0 Å². The van der Waals surface area contributed by atoms with Crippen LogP contribution in [0.1, 0.15) is 130 Å². The smallest absolute Gasteiger partial charge is 0.550 e. The van der Waals surface area contributed by atoms with Gasteiger partial charge in [0, 0.05) is 51.7 Å². The molecule has 1 unspecified atom stereocenters. The SMILES string of the molecule is C=Cc1c(C)c2cc3[nH]c(cc4nc(cc5nc(cc1[nH]2)C(C)=C5CCC(=O)[O-])C(CCC(=O)[O-])=C4C)c(C)c3C(C)OCCCCCC.[Na+].[Na+]. The number of hydrogen-bond donors (Lipinski definition) is 2. The number of aryl methyl sites for hydroxylation is 2. The van der Waals surface area contributed by atoms with Crippen LogP contribution in [0.3, 0.4) is 0 Å². The average Bonchev–Trinajstić information content (AvgIpc) is 3.71. The Hall–Kier alpha value is -2.76. The van der Waals surface area contributed by atoms with Gasteiger partial charge in [0.25, 0.3) is 0 Å². The van der Waals surface area contributed by atoms with Crippen LogP contribution in [0.25, 0.3) is 50.4 Å². The molecule has 258 valence electrons. The fraction of sp³-hybridized carbons (Fsp3) is 0.400. The van der Waals surface area contributed by atoms with E-state index in [0.717, 1.165) is 79.5 Å². The number of carbonyl (C=O) groups is 2. The van der Waals surface area contributed by atoms with Crippen molar-refractivity contribution in [3.63, 3.8) is 0 Å². The van der Waals surface area contributed by atoms with Gasteiger partial charge in [-0.3, -0.25) is 0 Å². The van der Waals surface area contributed by atoms with Crippen LogP contribution in [0, 0.1) is 13.8 Å². The molecule has 0 fully saturated rings. The number of aliphatic carboxylic acids is 2. The Balaban J connectivity index is 0.00000351. The molecule has 1 atom stereocenters. The Morgan fingerprint density at radius 1 is 0.765 bits per heavy atom. The van der Waals surface area contributed by atoms with Gasteiger partial charge in [0.05, 0.1) is 28.9 Å². The van der Waals surface area contributed by atoms with E-state index in [0.29, 0.717) is 29.4 Å². The molecule has 2 aliphatic rings. The van der Waals surface area contributed by atoms with Gasteiger partial charge in [0.15, 0.2) is 0 Å². The van der Waals surface area contributed by atoms with E-state index >= 15 is 0 Å². The molecule has 2 aliphatic heterocycles. The molecule has 5 heterocycles. The molecule has 0 aliphatic carbocycles. The summed E-state index contributed by atoms with van der Waals surface area (Å²) in [7, 11) is 0. The Kier molecular flexibility index (Phi) is 15.7. The number of H-pyrrole nitrogens is 2. The second-order valence-electron chi connectivity index (χ2n) is 13.1. The molecule has 0 saturated heterocycles. The van der Waals surface area contributed by atoms with E-state index in [2.05, 4.69) is 50.3 Å². The number of rotatable bonds is 14. The van der Waals surface area contributed by atoms with Crippen molar-refractivity contribution >= 4 is 62.4 Å². The van der Waals surface area contributed by atoms with Crippen LogP contribution >= 0.6 is 0 Å². The Labute approximate surface area is 344 Å². The van der Waals surface area contributed by atoms with Crippen molar-refractivity contribution in [1.82, 2.24) is 19.9 Å². The molecule has 0 radical (unpaired) electrons. The quantitative estimate of drug-likeness (QED) is 0.189. The number of aromatic nitrogens is 4. The van der Waals surface area contributed by atoms with E-state index in [-0.39, 0.29) is 90.9 Å². The van der Waals surface area contributed by atoms with Gasteiger partial charge in [-0.2, -0.15) is 0 Å². The van der Waals surface area contributed by atoms with Gasteiger partial charge in [-0.15, -0.1) is 0 Å². The van der Waals surface area contributed by atoms with E-state index in [4.69, 9.17) is 14.7 Å². The Morgan fingerprint density at radius 2 is 1.29 bits per heavy atom. The standard InChI is InChI=1S/C40H48N4O5.2Na/c1-8-10-11-12-17-49-26(7)40-25(6)33-18-30-23(4)28(13-15-38(45)46)35(42-30)21-36-29(14-16-39(47)48)24(5)31(43-36)19-34-27(9-2)22(3)32(41-34)20-37(40)44-33;;/h9,18-21,26,41,44H,2,8,10-17H2,1,3-7H3,(H,45,46)(H,47,48);;/q;2*+1/p-2. The first-order valence-corrected chi connectivity index (χ1v) is 17.2. The van der Waals surface area contributed by atoms with Crippen molar-refractivity contribution in [2.45, 2.75) is 99.0 Å². The van der Waals surface area contributed by atoms with Crippen LogP contribution in [-0.2, 0) is 14.3 Å². The van der Waals surface area contributed by atoms with Crippen molar-refractivity contribution in [1.29, 1.82) is 0 Å². The van der Waals surface area contributed by atoms with Crippen molar-refractivity contribution < 1.29 is 83.7 Å². The zero-order valence-electron chi connectivity index (χ0n) is 31.5. The van der Waals surface area contributed by atoms with Crippen molar-refractivity contribution in [3.05, 3.63) is 75.9 Å². The molecule has 3 aromatic heterocycles. The van der Waals surface area contributed by atoms with Gasteiger partial charge >= 0.3 is 59.1 Å². The Bertz CT molecular complexity index is 2040. The summed E-state index contributed by atoms with van der Waals surface area (Å²) in [6.45, 7) is 17.1. The number of ether oxygens (including phenoxy) is 1. The molecule has 3 aromatic rings. The number of carboxylic acid groups (broad SMARTS) is 2. The largest absolute Gasteiger partial charge is 1.00 e. The molecule has 0 spiro atoms. The number of nitrogens with one attached hydrogen (secondary N) is 2. The normalized spacial score (nSPS) is 13.1. The van der Waals surface area contributed by atoms with Gasteiger partial charge < -0.3 is 34.5 Å². The molecule has 8 bridgehead atoms. The molecule has 0 aromatic carbocycles. The number of fused-ring (bicyclic) bond motifs is 8. The maximum absolute atomic E-state index is 11.6. The maximum atomic E-state index is 11.6. The molecule has 11 heteroatoms. The summed E-state index contributed by atoms with van der Waals surface area (Å²) in [6, 6.07) is 7.93. The molecular formula is C40H46N4Na2O5. The first-order valence-electron chi connectivity index (χ1n) is 17.2. The predicted octanol–water partition coefficient (Wildman–Crippen LogP) is 1.16. The number of aromatic amines is 2. The zero-order valence-corrected chi connectivity index (χ0v) is 35.5. The minimum atomic E-state index is -1.14. The molecule has 2 N–H and O–H groups in total. The zero-order chi connectivity index (χ0) is 35.4. The van der Waals surface area contributed by atoms with Crippen LogP contribution in [0.5, 0.6) is 0 Å². The molecule has 51 heavy (non-hydrogen) atoms. The summed E-state index contributed by atoms with van der Waals surface area (Å²) in [5.41, 5.74) is 13.5. The van der Waals surface area contributed by atoms with Gasteiger partial charge in [0.2, 0.25) is 0 Å². The van der Waals surface area contributed by atoms with Crippen LogP contribution in [-0.4, -0.2) is 38.5 Å². The van der Waals surface area contributed by atoms with Crippen LogP contribution < -0.4 is 69.3 Å². The number of carboxylic acids is 2. The summed E-state index contributed by atoms with van der Waals surface area (Å²) >= 11 is 0. The number of unbranched alkanes of at least 4 members (excludes halogenated alkanes) is 3. The number of hydrogen-bond acceptors (Lipinski definition) is 7. The fourth-order valence-electron chi connectivity index (χ4n) is 6.89. The van der Waals surface area contributed by atoms with Crippen LogP contribution in [0.15, 0.2) is 30.8 Å². The van der Waals surface area contributed by atoms with E-state index in [1.54, 1.807) is 0 Å². The van der Waals surface area contributed by atoms with Crippen LogP contribution in [0.4, 0.5) is 0 Å². The minimum absolute atomic E-state index is 0. The second-order valence-corrected chi connectivity index (χ2v) is 13.1. The van der Waals surface area contributed by atoms with Gasteiger partial charge in [0.1, 0.15) is 0 Å². The monoisotopic (exact) mass is 708 g/mol. The third-order valence-electron chi connectivity index (χ3n) is 9.77. The number of carbonyl (C=O) groups excluding carboxylic acids is 2. The number of allylic oxidation sites excluding steroid dienone is 4. The summed E-state index contributed by atoms with van der Waals surface area (Å²) in [5.74, 6) is -2.29. The molecule has 5 rings (SSSR count). The first kappa shape index (κ1) is 42.7. The van der Waals surface area contributed by atoms with E-state index in [1.165, 1.54) is 12.8 Å². The topological polar surface area (TPSA) is 147 Å². The summed E-state index contributed by atoms with van der Waals surface area (Å²) in [5, 5.41) is 23.1. The minimum Gasteiger partial charge on any atom is -0.550 e. The van der Waals surface area contributed by atoms with Crippen molar-refractivity contribution in [2.24, 2.45) is 0 Å². The van der Waals surface area contributed by atoms with E-state index < -0.39 is 11.9 Å². The molecular weight excluding hydrogens is 662 g/mol. The molecule has 9 nitrogen and oxygen atoms in total. The molecule has 0 saturated carbocycles. The van der Waals surface area contributed by atoms with E-state index in [9.17, 15) is 19.8 Å². The maximum Gasteiger partial charge on any atom is 1.00 e. The van der Waals surface area contributed by atoms with Crippen molar-refractivity contribution in [2.75, 3.05) is 6.61 Å². The van der Waals surface area contributed by atoms with Gasteiger partial charge in [-0.05, 0) is 124 Å². The van der Waals surface area contributed by atoms with Gasteiger partial charge in [-0.1, -0.05) is 38.8 Å². The summed E-state index contributed by atoms with van der Waals surface area (Å²) in [4.78, 5) is 40.3. The fourth-order valence-corrected chi connectivity index (χ4v) is 6.89. The third-order valence-corrected chi connectivity index (χ3v) is 9.77. The van der Waals surface area contributed by atoms with E-state index in [1.807, 2.05) is 38.1 Å². The third kappa shape index (κ3) is 9.62. The second kappa shape index (κ2) is 18.8. The number of nitrogens with zero attached hydrogens (tertiary/aromatic N) is 2. The predicted molar refractivity (Wildman–Crippen MR) is 193 cm³/mol. The molecule has 0 amide bonds. The summed E-state index contributed by atoms with van der Waals surface area (Å²) < 4.78 is 6.40. The van der Waals surface area contributed by atoms with Gasteiger partial charge in [-0.25, -0.2) is 9.97 Å². The summed E-state index contributed by atoms with van der Waals surface area (Å²) in [6.07, 6.45) is 6.31. The average molecular weight is 709 g/mol. The Morgan fingerprint density at radius 3 is 1.82 bits per heavy atom. The van der Waals surface area contributed by atoms with Crippen molar-refractivity contribution in [3.8, 4) is 0 Å². The first-order chi connectivity index (χ1) is 23.4.